The van der Waals surface area contributed by atoms with E-state index < -0.39 is 0 Å². The third-order valence-corrected chi connectivity index (χ3v) is 4.49. The van der Waals surface area contributed by atoms with Crippen molar-refractivity contribution in [1.29, 1.82) is 0 Å². The molecule has 3 rings (SSSR count). The Hall–Kier alpha value is -2.82. The van der Waals surface area contributed by atoms with Gasteiger partial charge in [-0.15, -0.1) is 0 Å². The summed E-state index contributed by atoms with van der Waals surface area (Å²) in [6.07, 6.45) is 6.99. The molecule has 1 N–H and O–H groups in total. The summed E-state index contributed by atoms with van der Waals surface area (Å²) in [6.45, 7) is 5.25. The molecular weight excluding hydrogens is 338 g/mol. The fourth-order valence-corrected chi connectivity index (χ4v) is 3.05. The van der Waals surface area contributed by atoms with Crippen molar-refractivity contribution >= 4 is 11.6 Å². The van der Waals surface area contributed by atoms with Crippen LogP contribution in [0.25, 0.3) is 5.65 Å². The van der Waals surface area contributed by atoms with Gasteiger partial charge >= 0.3 is 0 Å². The van der Waals surface area contributed by atoms with Crippen molar-refractivity contribution in [3.63, 3.8) is 0 Å². The fraction of sp³-hybridized carbons (Fsp3) is 0.364. The van der Waals surface area contributed by atoms with Crippen LogP contribution in [-0.2, 0) is 17.6 Å². The Morgan fingerprint density at radius 1 is 1.19 bits per heavy atom. The average molecular weight is 365 g/mol. The summed E-state index contributed by atoms with van der Waals surface area (Å²) in [5.41, 5.74) is 4.31. The molecule has 2 aromatic heterocycles. The molecule has 0 fully saturated rings. The fourth-order valence-electron chi connectivity index (χ4n) is 3.05. The van der Waals surface area contributed by atoms with Crippen LogP contribution in [-0.4, -0.2) is 28.4 Å². The number of ether oxygens (including phenoxy) is 1. The number of nitrogens with one attached hydrogen (secondary N) is 1. The first kappa shape index (κ1) is 19.0. The summed E-state index contributed by atoms with van der Waals surface area (Å²) in [7, 11) is 0. The van der Waals surface area contributed by atoms with Crippen molar-refractivity contribution in [2.75, 3.05) is 13.2 Å². The van der Waals surface area contributed by atoms with Crippen molar-refractivity contribution in [3.8, 4) is 5.75 Å². The molecule has 0 radical (unpaired) electrons. The van der Waals surface area contributed by atoms with Crippen LogP contribution in [0.1, 0.15) is 36.6 Å². The first-order valence-electron chi connectivity index (χ1n) is 9.57. The Bertz CT molecular complexity index is 884. The molecule has 27 heavy (non-hydrogen) atoms. The van der Waals surface area contributed by atoms with Gasteiger partial charge in [-0.1, -0.05) is 29.8 Å². The second-order valence-electron chi connectivity index (χ2n) is 6.71. The molecular formula is C22H27N3O2. The Balaban J connectivity index is 1.42. The van der Waals surface area contributed by atoms with Gasteiger partial charge in [0.05, 0.1) is 12.3 Å². The molecule has 0 atom stereocenters. The highest BCUT2D eigenvalue weighted by Crippen LogP contribution is 2.19. The van der Waals surface area contributed by atoms with E-state index in [1.54, 1.807) is 0 Å². The second kappa shape index (κ2) is 9.21. The molecule has 0 unspecified atom stereocenters. The van der Waals surface area contributed by atoms with Gasteiger partial charge in [-0.3, -0.25) is 4.79 Å². The van der Waals surface area contributed by atoms with Crippen LogP contribution < -0.4 is 10.1 Å². The lowest BCUT2D eigenvalue weighted by atomic mass is 10.1. The molecule has 0 aliphatic carbocycles. The number of hydrogen-bond acceptors (Lipinski definition) is 3. The topological polar surface area (TPSA) is 55.6 Å². The zero-order valence-electron chi connectivity index (χ0n) is 16.1. The summed E-state index contributed by atoms with van der Waals surface area (Å²) < 4.78 is 7.57. The van der Waals surface area contributed by atoms with E-state index >= 15 is 0 Å². The summed E-state index contributed by atoms with van der Waals surface area (Å²) in [5.74, 6) is 0.882. The summed E-state index contributed by atoms with van der Waals surface area (Å²) in [5, 5.41) is 2.99. The maximum Gasteiger partial charge on any atom is 0.220 e. The normalized spacial score (nSPS) is 10.9. The van der Waals surface area contributed by atoms with E-state index in [0.717, 1.165) is 29.9 Å². The van der Waals surface area contributed by atoms with Crippen molar-refractivity contribution in [2.45, 2.75) is 39.5 Å². The SMILES string of the molecule is CCOc1cccn2cc(CCNC(=O)CCCc3ccc(C)cc3)nc12. The minimum absolute atomic E-state index is 0.0980. The number of pyridine rings is 1. The minimum atomic E-state index is 0.0980. The number of amides is 1. The molecule has 2 heterocycles. The number of hydrogen-bond donors (Lipinski definition) is 1. The number of carbonyl (C=O) groups is 1. The number of carbonyl (C=O) groups excluding carboxylic acids is 1. The number of rotatable bonds is 9. The first-order valence-corrected chi connectivity index (χ1v) is 9.57. The lowest BCUT2D eigenvalue weighted by Crippen LogP contribution is -2.25. The van der Waals surface area contributed by atoms with E-state index in [1.807, 2.05) is 35.9 Å². The van der Waals surface area contributed by atoms with Crippen LogP contribution in [0.3, 0.4) is 0 Å². The molecule has 0 aliphatic heterocycles. The van der Waals surface area contributed by atoms with Crippen LogP contribution in [0.4, 0.5) is 0 Å². The Morgan fingerprint density at radius 2 is 2.00 bits per heavy atom. The van der Waals surface area contributed by atoms with Crippen molar-refractivity contribution in [3.05, 3.63) is 65.6 Å². The van der Waals surface area contributed by atoms with Crippen LogP contribution in [0.15, 0.2) is 48.8 Å². The highest BCUT2D eigenvalue weighted by atomic mass is 16.5. The third-order valence-electron chi connectivity index (χ3n) is 4.49. The molecule has 1 aromatic carbocycles. The maximum absolute atomic E-state index is 12.0. The summed E-state index contributed by atoms with van der Waals surface area (Å²) >= 11 is 0. The highest BCUT2D eigenvalue weighted by molar-refractivity contribution is 5.75. The second-order valence-corrected chi connectivity index (χ2v) is 6.71. The number of aromatic nitrogens is 2. The molecule has 5 nitrogen and oxygen atoms in total. The third kappa shape index (κ3) is 5.33. The molecule has 0 saturated heterocycles. The average Bonchev–Trinajstić information content (AvgIpc) is 3.08. The summed E-state index contributed by atoms with van der Waals surface area (Å²) in [6, 6.07) is 12.4. The number of benzene rings is 1. The Morgan fingerprint density at radius 3 is 2.78 bits per heavy atom. The number of nitrogens with zero attached hydrogens (tertiary/aromatic N) is 2. The monoisotopic (exact) mass is 365 g/mol. The van der Waals surface area contributed by atoms with Gasteiger partial charge in [0.2, 0.25) is 5.91 Å². The minimum Gasteiger partial charge on any atom is -0.490 e. The van der Waals surface area contributed by atoms with Gasteiger partial charge in [0.1, 0.15) is 0 Å². The maximum atomic E-state index is 12.0. The van der Waals surface area contributed by atoms with Gasteiger partial charge in [-0.25, -0.2) is 4.98 Å². The zero-order valence-corrected chi connectivity index (χ0v) is 16.1. The van der Waals surface area contributed by atoms with E-state index in [1.165, 1.54) is 11.1 Å². The van der Waals surface area contributed by atoms with Crippen molar-refractivity contribution < 1.29 is 9.53 Å². The molecule has 1 amide bonds. The molecule has 0 spiro atoms. The zero-order chi connectivity index (χ0) is 19.1. The molecule has 3 aromatic rings. The highest BCUT2D eigenvalue weighted by Gasteiger charge is 2.08. The quantitative estimate of drug-likeness (QED) is 0.629. The summed E-state index contributed by atoms with van der Waals surface area (Å²) in [4.78, 5) is 16.7. The predicted octanol–water partition coefficient (Wildman–Crippen LogP) is 3.72. The molecule has 0 saturated carbocycles. The first-order chi connectivity index (χ1) is 13.2. The van der Waals surface area contributed by atoms with Gasteiger partial charge in [-0.05, 0) is 44.4 Å². The number of aryl methyl sites for hydroxylation is 2. The predicted molar refractivity (Wildman–Crippen MR) is 107 cm³/mol. The Kier molecular flexibility index (Phi) is 6.47. The van der Waals surface area contributed by atoms with Crippen LogP contribution in [0.2, 0.25) is 0 Å². The van der Waals surface area contributed by atoms with Crippen LogP contribution in [0.5, 0.6) is 5.75 Å². The van der Waals surface area contributed by atoms with E-state index in [2.05, 4.69) is 41.5 Å². The van der Waals surface area contributed by atoms with E-state index in [-0.39, 0.29) is 5.91 Å². The van der Waals surface area contributed by atoms with Gasteiger partial charge in [0.15, 0.2) is 11.4 Å². The standard InChI is InChI=1S/C22H27N3O2/c1-3-27-20-7-5-15-25-16-19(24-22(20)25)13-14-23-21(26)8-4-6-18-11-9-17(2)10-12-18/h5,7,9-12,15-16H,3-4,6,8,13-14H2,1-2H3,(H,23,26). The Labute approximate surface area is 160 Å². The lowest BCUT2D eigenvalue weighted by molar-refractivity contribution is -0.121. The van der Waals surface area contributed by atoms with E-state index in [0.29, 0.717) is 26.0 Å². The van der Waals surface area contributed by atoms with Gasteiger partial charge in [0, 0.05) is 31.8 Å². The smallest absolute Gasteiger partial charge is 0.220 e. The molecule has 0 bridgehead atoms. The largest absolute Gasteiger partial charge is 0.490 e. The molecule has 0 aliphatic rings. The number of imidazole rings is 1. The van der Waals surface area contributed by atoms with Gasteiger partial charge in [0.25, 0.3) is 0 Å². The molecule has 142 valence electrons. The van der Waals surface area contributed by atoms with Crippen molar-refractivity contribution in [2.24, 2.45) is 0 Å². The van der Waals surface area contributed by atoms with E-state index in [9.17, 15) is 4.79 Å². The van der Waals surface area contributed by atoms with Gasteiger partial charge in [-0.2, -0.15) is 0 Å². The van der Waals surface area contributed by atoms with Gasteiger partial charge < -0.3 is 14.5 Å². The molecule has 5 heteroatoms. The van der Waals surface area contributed by atoms with Crippen LogP contribution in [0, 0.1) is 6.92 Å². The number of fused-ring (bicyclic) bond motifs is 1. The van der Waals surface area contributed by atoms with Crippen LogP contribution >= 0.6 is 0 Å². The lowest BCUT2D eigenvalue weighted by Gasteiger charge is -2.05. The van der Waals surface area contributed by atoms with E-state index in [4.69, 9.17) is 4.74 Å². The van der Waals surface area contributed by atoms with Crippen molar-refractivity contribution in [1.82, 2.24) is 14.7 Å².